The molecule has 2 aromatic heterocycles. The Morgan fingerprint density at radius 1 is 0.500 bits per heavy atom. The largest absolute Gasteiger partial charge is 0.456 e. The lowest BCUT2D eigenvalue weighted by atomic mass is 9.86. The van der Waals surface area contributed by atoms with Crippen LogP contribution >= 0.6 is 0 Å². The van der Waals surface area contributed by atoms with Crippen LogP contribution in [0.15, 0.2) is 162 Å². The molecule has 1 unspecified atom stereocenters. The zero-order valence-corrected chi connectivity index (χ0v) is 28.6. The van der Waals surface area contributed by atoms with Gasteiger partial charge in [0, 0.05) is 27.5 Å². The minimum Gasteiger partial charge on any atom is -0.456 e. The van der Waals surface area contributed by atoms with Crippen LogP contribution in [0.1, 0.15) is 30.4 Å². The lowest BCUT2D eigenvalue weighted by molar-refractivity contribution is 0.669. The highest BCUT2D eigenvalue weighted by molar-refractivity contribution is 6.13. The van der Waals surface area contributed by atoms with Crippen molar-refractivity contribution in [2.75, 3.05) is 0 Å². The normalized spacial score (nSPS) is 13.9. The molecule has 0 spiro atoms. The molecule has 0 saturated heterocycles. The number of aromatic nitrogens is 3. The van der Waals surface area contributed by atoms with Gasteiger partial charge >= 0.3 is 0 Å². The Morgan fingerprint density at radius 3 is 2.04 bits per heavy atom. The van der Waals surface area contributed by atoms with Gasteiger partial charge in [-0.2, -0.15) is 0 Å². The predicted octanol–water partition coefficient (Wildman–Crippen LogP) is 12.8. The van der Waals surface area contributed by atoms with Crippen molar-refractivity contribution in [1.29, 1.82) is 0 Å². The minimum atomic E-state index is 0.501. The molecule has 1 atom stereocenters. The summed E-state index contributed by atoms with van der Waals surface area (Å²) in [4.78, 5) is 15.6. The Kier molecular flexibility index (Phi) is 7.14. The molecule has 52 heavy (non-hydrogen) atoms. The van der Waals surface area contributed by atoms with Crippen LogP contribution in [0.5, 0.6) is 0 Å². The molecule has 0 saturated carbocycles. The quantitative estimate of drug-likeness (QED) is 0.183. The second-order valence-corrected chi connectivity index (χ2v) is 13.7. The topological polar surface area (TPSA) is 51.8 Å². The standard InChI is InChI=1S/C48H33N3O/c1-30-10-9-15-37-26-36(24-25-40(30)37)39-28-42(45-41-16-7-8-17-43(41)52-44(45)29-39)48-50-46(34-21-18-33(19-22-34)31-11-3-2-4-12-31)49-47(51-48)38-23-20-32-13-5-6-14-35(32)27-38/h2-9,11-30H,10H2,1H3. The van der Waals surface area contributed by atoms with Gasteiger partial charge in [-0.3, -0.25) is 0 Å². The molecule has 10 rings (SSSR count). The van der Waals surface area contributed by atoms with E-state index in [1.165, 1.54) is 22.1 Å². The van der Waals surface area contributed by atoms with Gasteiger partial charge in [0.1, 0.15) is 11.2 Å². The molecule has 246 valence electrons. The summed E-state index contributed by atoms with van der Waals surface area (Å²) in [7, 11) is 0. The van der Waals surface area contributed by atoms with Crippen LogP contribution in [0.4, 0.5) is 0 Å². The lowest BCUT2D eigenvalue weighted by Crippen LogP contribution is -2.01. The number of furan rings is 1. The predicted molar refractivity (Wildman–Crippen MR) is 214 cm³/mol. The third-order valence-electron chi connectivity index (χ3n) is 10.4. The Hall–Kier alpha value is -6.65. The lowest BCUT2D eigenvalue weighted by Gasteiger charge is -2.19. The summed E-state index contributed by atoms with van der Waals surface area (Å²) >= 11 is 0. The number of hydrogen-bond donors (Lipinski definition) is 0. The van der Waals surface area contributed by atoms with E-state index in [-0.39, 0.29) is 0 Å². The van der Waals surface area contributed by atoms with Gasteiger partial charge in [0.05, 0.1) is 0 Å². The van der Waals surface area contributed by atoms with E-state index in [1.807, 2.05) is 18.2 Å². The average molecular weight is 668 g/mol. The number of nitrogens with zero attached hydrogens (tertiary/aromatic N) is 3. The summed E-state index contributed by atoms with van der Waals surface area (Å²) in [5.74, 6) is 2.34. The first kappa shape index (κ1) is 30.2. The molecule has 4 nitrogen and oxygen atoms in total. The molecule has 7 aromatic carbocycles. The van der Waals surface area contributed by atoms with Gasteiger partial charge in [-0.05, 0) is 86.8 Å². The molecule has 9 aromatic rings. The molecule has 0 amide bonds. The van der Waals surface area contributed by atoms with Gasteiger partial charge < -0.3 is 4.42 Å². The molecule has 0 bridgehead atoms. The van der Waals surface area contributed by atoms with Crippen molar-refractivity contribution in [2.45, 2.75) is 19.3 Å². The number of benzene rings is 7. The Bertz CT molecular complexity index is 2830. The van der Waals surface area contributed by atoms with Crippen LogP contribution in [-0.2, 0) is 0 Å². The van der Waals surface area contributed by atoms with Crippen molar-refractivity contribution < 1.29 is 4.42 Å². The molecule has 0 N–H and O–H groups in total. The molecule has 0 fully saturated rings. The first-order chi connectivity index (χ1) is 25.6. The molecule has 0 radical (unpaired) electrons. The first-order valence-electron chi connectivity index (χ1n) is 17.8. The van der Waals surface area contributed by atoms with Crippen LogP contribution in [0.3, 0.4) is 0 Å². The molecular formula is C48H33N3O. The van der Waals surface area contributed by atoms with Gasteiger partial charge in [-0.25, -0.2) is 15.0 Å². The van der Waals surface area contributed by atoms with E-state index in [4.69, 9.17) is 19.4 Å². The van der Waals surface area contributed by atoms with Crippen LogP contribution in [0.25, 0.3) is 95.2 Å². The summed E-state index contributed by atoms with van der Waals surface area (Å²) in [6, 6.07) is 53.1. The van der Waals surface area contributed by atoms with E-state index in [2.05, 4.69) is 153 Å². The fourth-order valence-corrected chi connectivity index (χ4v) is 7.60. The maximum atomic E-state index is 6.55. The Morgan fingerprint density at radius 2 is 1.17 bits per heavy atom. The Balaban J connectivity index is 1.20. The number of para-hydroxylation sites is 1. The summed E-state index contributed by atoms with van der Waals surface area (Å²) < 4.78 is 6.55. The second-order valence-electron chi connectivity index (χ2n) is 13.7. The van der Waals surface area contributed by atoms with Gasteiger partial charge in [-0.1, -0.05) is 140 Å². The zero-order valence-electron chi connectivity index (χ0n) is 28.6. The monoisotopic (exact) mass is 667 g/mol. The highest BCUT2D eigenvalue weighted by atomic mass is 16.3. The highest BCUT2D eigenvalue weighted by Crippen LogP contribution is 2.41. The van der Waals surface area contributed by atoms with Crippen molar-refractivity contribution >= 4 is 38.8 Å². The molecule has 1 aliphatic carbocycles. The van der Waals surface area contributed by atoms with Crippen molar-refractivity contribution in [1.82, 2.24) is 15.0 Å². The molecule has 0 aliphatic heterocycles. The second kappa shape index (κ2) is 12.3. The van der Waals surface area contributed by atoms with Gasteiger partial charge in [0.15, 0.2) is 17.5 Å². The first-order valence-corrected chi connectivity index (χ1v) is 17.8. The Labute approximate surface area is 301 Å². The fourth-order valence-electron chi connectivity index (χ4n) is 7.60. The number of rotatable bonds is 5. The fraction of sp³-hybridized carbons (Fsp3) is 0.0625. The van der Waals surface area contributed by atoms with E-state index >= 15 is 0 Å². The van der Waals surface area contributed by atoms with Gasteiger partial charge in [-0.15, -0.1) is 0 Å². The van der Waals surface area contributed by atoms with E-state index in [1.54, 1.807) is 0 Å². The van der Waals surface area contributed by atoms with E-state index in [9.17, 15) is 0 Å². The van der Waals surface area contributed by atoms with Crippen LogP contribution < -0.4 is 0 Å². The highest BCUT2D eigenvalue weighted by Gasteiger charge is 2.21. The van der Waals surface area contributed by atoms with Crippen molar-refractivity contribution in [3.05, 3.63) is 169 Å². The number of allylic oxidation sites excluding steroid dienone is 1. The van der Waals surface area contributed by atoms with Crippen LogP contribution in [0.2, 0.25) is 0 Å². The smallest absolute Gasteiger partial charge is 0.164 e. The molecule has 2 heterocycles. The molecular weight excluding hydrogens is 635 g/mol. The summed E-state index contributed by atoms with van der Waals surface area (Å²) in [6.45, 7) is 2.29. The third-order valence-corrected chi connectivity index (χ3v) is 10.4. The van der Waals surface area contributed by atoms with E-state index < -0.39 is 0 Å². The summed E-state index contributed by atoms with van der Waals surface area (Å²) in [5, 5.41) is 4.33. The maximum Gasteiger partial charge on any atom is 0.164 e. The van der Waals surface area contributed by atoms with Crippen molar-refractivity contribution in [3.63, 3.8) is 0 Å². The van der Waals surface area contributed by atoms with Crippen molar-refractivity contribution in [2.24, 2.45) is 0 Å². The number of hydrogen-bond acceptors (Lipinski definition) is 4. The molecule has 4 heteroatoms. The average Bonchev–Trinajstić information content (AvgIpc) is 3.59. The molecule has 1 aliphatic rings. The third kappa shape index (κ3) is 5.28. The van der Waals surface area contributed by atoms with Crippen molar-refractivity contribution in [3.8, 4) is 56.4 Å². The number of fused-ring (bicyclic) bond motifs is 5. The van der Waals surface area contributed by atoms with E-state index in [0.29, 0.717) is 23.4 Å². The van der Waals surface area contributed by atoms with E-state index in [0.717, 1.165) is 67.1 Å². The zero-order chi connectivity index (χ0) is 34.6. The minimum absolute atomic E-state index is 0.501. The summed E-state index contributed by atoms with van der Waals surface area (Å²) in [5.41, 5.74) is 11.5. The van der Waals surface area contributed by atoms with Crippen LogP contribution in [0, 0.1) is 0 Å². The SMILES string of the molecule is CC1CC=Cc2cc(-c3cc(-c4nc(-c5ccc(-c6ccccc6)cc5)nc(-c5ccc6ccccc6c5)n4)c4c(c3)oc3ccccc34)ccc21. The summed E-state index contributed by atoms with van der Waals surface area (Å²) in [6.07, 6.45) is 5.59. The van der Waals surface area contributed by atoms with Crippen LogP contribution in [-0.4, -0.2) is 15.0 Å². The maximum absolute atomic E-state index is 6.55. The van der Waals surface area contributed by atoms with Gasteiger partial charge in [0.25, 0.3) is 0 Å². The van der Waals surface area contributed by atoms with Gasteiger partial charge in [0.2, 0.25) is 0 Å².